The molecule has 4 unspecified atom stereocenters. The van der Waals surface area contributed by atoms with Crippen LogP contribution in [0.5, 0.6) is 11.8 Å². The van der Waals surface area contributed by atoms with Gasteiger partial charge in [-0.05, 0) is 81.0 Å². The molecule has 41 heavy (non-hydrogen) atoms. The van der Waals surface area contributed by atoms with Gasteiger partial charge in [-0.15, -0.1) is 0 Å². The summed E-state index contributed by atoms with van der Waals surface area (Å²) in [6, 6.07) is 8.26. The number of likely N-dealkylation sites (tertiary alicyclic amines) is 1. The molecule has 9 nitrogen and oxygen atoms in total. The summed E-state index contributed by atoms with van der Waals surface area (Å²) in [5.74, 6) is 2.53. The number of nitrogens with zero attached hydrogens (tertiary/aromatic N) is 4. The molecule has 0 radical (unpaired) electrons. The van der Waals surface area contributed by atoms with Crippen LogP contribution in [0.15, 0.2) is 28.8 Å². The van der Waals surface area contributed by atoms with Crippen molar-refractivity contribution in [3.05, 3.63) is 41.1 Å². The van der Waals surface area contributed by atoms with Crippen LogP contribution in [0.25, 0.3) is 11.0 Å². The molecule has 2 saturated carbocycles. The first kappa shape index (κ1) is 25.5. The second kappa shape index (κ2) is 9.68. The Hall–Kier alpha value is -3.20. The molecular formula is C32H41N5O4. The third-order valence-corrected chi connectivity index (χ3v) is 11.5. The SMILES string of the molecule is CC1C2CC(c3c2c(O)n(C[C@H]2CCC[C@@H]2CN2CCC(c4noc5ccccc45)CC2)c3O)C1N1CCNC1=O. The van der Waals surface area contributed by atoms with Crippen LogP contribution in [-0.4, -0.2) is 74.5 Å². The lowest BCUT2D eigenvalue weighted by Crippen LogP contribution is -2.44. The zero-order valence-corrected chi connectivity index (χ0v) is 23.8. The van der Waals surface area contributed by atoms with E-state index in [0.29, 0.717) is 30.8 Å². The lowest BCUT2D eigenvalue weighted by molar-refractivity contribution is 0.157. The van der Waals surface area contributed by atoms with E-state index in [1.54, 1.807) is 0 Å². The molecule has 2 aliphatic heterocycles. The normalized spacial score (nSPS) is 31.9. The lowest BCUT2D eigenvalue weighted by atomic mass is 9.82. The molecule has 3 aromatic rings. The number of urea groups is 1. The minimum Gasteiger partial charge on any atom is -0.494 e. The van der Waals surface area contributed by atoms with Gasteiger partial charge in [-0.1, -0.05) is 30.6 Å². The minimum absolute atomic E-state index is 0.00584. The van der Waals surface area contributed by atoms with Gasteiger partial charge in [0.2, 0.25) is 0 Å². The van der Waals surface area contributed by atoms with Gasteiger partial charge in [-0.2, -0.15) is 0 Å². The summed E-state index contributed by atoms with van der Waals surface area (Å²) < 4.78 is 7.39. The van der Waals surface area contributed by atoms with Gasteiger partial charge in [-0.25, -0.2) is 4.79 Å². The number of carbonyl (C=O) groups is 1. The molecule has 2 amide bonds. The highest BCUT2D eigenvalue weighted by molar-refractivity contribution is 5.79. The van der Waals surface area contributed by atoms with Crippen molar-refractivity contribution < 1.29 is 19.5 Å². The van der Waals surface area contributed by atoms with E-state index in [4.69, 9.17) is 4.52 Å². The van der Waals surface area contributed by atoms with Gasteiger partial charge in [0, 0.05) is 60.6 Å². The fraction of sp³-hybridized carbons (Fsp3) is 0.625. The van der Waals surface area contributed by atoms with Gasteiger partial charge in [0.15, 0.2) is 17.3 Å². The van der Waals surface area contributed by atoms with E-state index in [-0.39, 0.29) is 41.6 Å². The smallest absolute Gasteiger partial charge is 0.317 e. The molecule has 2 aromatic heterocycles. The summed E-state index contributed by atoms with van der Waals surface area (Å²) in [4.78, 5) is 17.1. The van der Waals surface area contributed by atoms with Gasteiger partial charge in [-0.3, -0.25) is 4.57 Å². The number of rotatable bonds is 6. The van der Waals surface area contributed by atoms with Crippen molar-refractivity contribution in [3.8, 4) is 11.8 Å². The molecular weight excluding hydrogens is 518 g/mol. The van der Waals surface area contributed by atoms with E-state index in [0.717, 1.165) is 79.7 Å². The Morgan fingerprint density at radius 2 is 1.71 bits per heavy atom. The highest BCUT2D eigenvalue weighted by Crippen LogP contribution is 2.63. The van der Waals surface area contributed by atoms with E-state index in [1.165, 1.54) is 12.8 Å². The predicted molar refractivity (Wildman–Crippen MR) is 154 cm³/mol. The molecule has 9 heteroatoms. The van der Waals surface area contributed by atoms with Gasteiger partial charge in [0.25, 0.3) is 0 Å². The molecule has 4 heterocycles. The molecule has 0 spiro atoms. The summed E-state index contributed by atoms with van der Waals surface area (Å²) >= 11 is 0. The summed E-state index contributed by atoms with van der Waals surface area (Å²) in [7, 11) is 0. The second-order valence-electron chi connectivity index (χ2n) is 13.4. The number of para-hydroxylation sites is 1. The predicted octanol–water partition coefficient (Wildman–Crippen LogP) is 4.95. The standard InChI is InChI=1S/C32H41N5O4/c1-18-23-15-24(29(18)36-14-11-33-32(36)40)27-26(23)30(38)37(31(27)39)17-21-6-4-5-20(21)16-35-12-9-19(10-13-35)28-22-7-2-3-8-25(22)41-34-28/h2-3,7-8,18-21,23-24,29,38-39H,4-6,9-17H2,1H3,(H,33,40)/t18?,20-,21-,23?,24?,29?/m1/s1. The third-order valence-electron chi connectivity index (χ3n) is 11.5. The Morgan fingerprint density at radius 1 is 0.976 bits per heavy atom. The maximum atomic E-state index is 12.5. The topological polar surface area (TPSA) is 107 Å². The first-order valence-electron chi connectivity index (χ1n) is 15.7. The van der Waals surface area contributed by atoms with Crippen LogP contribution < -0.4 is 5.32 Å². The van der Waals surface area contributed by atoms with Gasteiger partial charge in [0.1, 0.15) is 0 Å². The summed E-state index contributed by atoms with van der Waals surface area (Å²) in [5.41, 5.74) is 3.85. The highest BCUT2D eigenvalue weighted by Gasteiger charge is 2.56. The van der Waals surface area contributed by atoms with Crippen LogP contribution >= 0.6 is 0 Å². The van der Waals surface area contributed by atoms with Gasteiger partial charge < -0.3 is 29.9 Å². The first-order chi connectivity index (χ1) is 20.0. The second-order valence-corrected chi connectivity index (χ2v) is 13.4. The quantitative estimate of drug-likeness (QED) is 0.395. The van der Waals surface area contributed by atoms with Crippen LogP contribution in [0.3, 0.4) is 0 Å². The molecule has 3 N–H and O–H groups in total. The number of piperidine rings is 1. The molecule has 8 rings (SSSR count). The van der Waals surface area contributed by atoms with Crippen molar-refractivity contribution in [1.82, 2.24) is 24.8 Å². The van der Waals surface area contributed by atoms with E-state index in [9.17, 15) is 15.0 Å². The lowest BCUT2D eigenvalue weighted by Gasteiger charge is -2.35. The Morgan fingerprint density at radius 3 is 2.46 bits per heavy atom. The van der Waals surface area contributed by atoms with Crippen molar-refractivity contribution in [1.29, 1.82) is 0 Å². The van der Waals surface area contributed by atoms with Crippen molar-refractivity contribution >= 4 is 17.0 Å². The van der Waals surface area contributed by atoms with Crippen molar-refractivity contribution in [2.75, 3.05) is 32.7 Å². The number of aromatic hydroxyl groups is 2. The van der Waals surface area contributed by atoms with Crippen molar-refractivity contribution in [2.45, 2.75) is 75.8 Å². The molecule has 218 valence electrons. The molecule has 4 fully saturated rings. The van der Waals surface area contributed by atoms with Gasteiger partial charge in [0.05, 0.1) is 5.69 Å². The first-order valence-corrected chi connectivity index (χ1v) is 15.7. The fourth-order valence-electron chi connectivity index (χ4n) is 9.46. The number of hydrogen-bond donors (Lipinski definition) is 3. The molecule has 1 aromatic carbocycles. The van der Waals surface area contributed by atoms with Crippen LogP contribution in [-0.2, 0) is 6.54 Å². The van der Waals surface area contributed by atoms with Crippen LogP contribution in [0.4, 0.5) is 4.79 Å². The number of nitrogens with one attached hydrogen (secondary N) is 1. The van der Waals surface area contributed by atoms with Crippen LogP contribution in [0.2, 0.25) is 0 Å². The Balaban J connectivity index is 0.948. The van der Waals surface area contributed by atoms with E-state index in [1.807, 2.05) is 21.6 Å². The largest absolute Gasteiger partial charge is 0.494 e. The number of amides is 2. The van der Waals surface area contributed by atoms with E-state index >= 15 is 0 Å². The maximum Gasteiger partial charge on any atom is 0.317 e. The average Bonchev–Trinajstić information content (AvgIpc) is 3.82. The Kier molecular flexibility index (Phi) is 6.02. The number of hydrogen-bond acceptors (Lipinski definition) is 6. The fourth-order valence-corrected chi connectivity index (χ4v) is 9.46. The summed E-state index contributed by atoms with van der Waals surface area (Å²) in [6.45, 7) is 7.48. The summed E-state index contributed by atoms with van der Waals surface area (Å²) in [5, 5.41) is 31.4. The molecule has 2 saturated heterocycles. The number of benzene rings is 1. The zero-order chi connectivity index (χ0) is 27.8. The summed E-state index contributed by atoms with van der Waals surface area (Å²) in [6.07, 6.45) is 6.64. The molecule has 6 atom stereocenters. The number of carbonyl (C=O) groups excluding carboxylic acids is 1. The zero-order valence-electron chi connectivity index (χ0n) is 23.8. The van der Waals surface area contributed by atoms with E-state index in [2.05, 4.69) is 34.4 Å². The third kappa shape index (κ3) is 3.91. The monoisotopic (exact) mass is 559 g/mol. The Bertz CT molecular complexity index is 1470. The van der Waals surface area contributed by atoms with E-state index < -0.39 is 0 Å². The van der Waals surface area contributed by atoms with Crippen molar-refractivity contribution in [2.24, 2.45) is 17.8 Å². The number of fused-ring (bicyclic) bond motifs is 6. The van der Waals surface area contributed by atoms with Crippen LogP contribution in [0, 0.1) is 17.8 Å². The number of aromatic nitrogens is 2. The minimum atomic E-state index is 0.00584. The Labute approximate surface area is 240 Å². The molecule has 2 bridgehead atoms. The molecule has 3 aliphatic carbocycles. The van der Waals surface area contributed by atoms with Gasteiger partial charge >= 0.3 is 6.03 Å². The maximum absolute atomic E-state index is 12.5. The average molecular weight is 560 g/mol. The molecule has 5 aliphatic rings. The highest BCUT2D eigenvalue weighted by atomic mass is 16.5. The van der Waals surface area contributed by atoms with Crippen LogP contribution in [0.1, 0.15) is 80.0 Å². The van der Waals surface area contributed by atoms with Crippen molar-refractivity contribution in [3.63, 3.8) is 0 Å².